The Balaban J connectivity index is 1.79. The van der Waals surface area contributed by atoms with Crippen molar-refractivity contribution >= 4 is 5.82 Å². The van der Waals surface area contributed by atoms with Gasteiger partial charge >= 0.3 is 6.18 Å². The Kier molecular flexibility index (Phi) is 3.68. The maximum atomic E-state index is 12.5. The molecule has 0 amide bonds. The highest BCUT2D eigenvalue weighted by molar-refractivity contribution is 5.49. The molecule has 22 heavy (non-hydrogen) atoms. The second-order valence-corrected chi connectivity index (χ2v) is 5.19. The van der Waals surface area contributed by atoms with Crippen molar-refractivity contribution in [2.45, 2.75) is 25.1 Å². The van der Waals surface area contributed by atoms with Gasteiger partial charge in [0.25, 0.3) is 0 Å². The maximum absolute atomic E-state index is 12.5. The zero-order valence-electron chi connectivity index (χ0n) is 11.9. The molecule has 0 saturated heterocycles. The van der Waals surface area contributed by atoms with E-state index in [9.17, 15) is 13.2 Å². The minimum absolute atomic E-state index is 0.0364. The second kappa shape index (κ2) is 5.51. The number of ether oxygens (including phenoxy) is 1. The lowest BCUT2D eigenvalue weighted by atomic mass is 10.1. The monoisotopic (exact) mass is 308 g/mol. The van der Waals surface area contributed by atoms with Crippen LogP contribution in [0.3, 0.4) is 0 Å². The Hall–Kier alpha value is -2.24. The van der Waals surface area contributed by atoms with Gasteiger partial charge < -0.3 is 10.1 Å². The third-order valence-electron chi connectivity index (χ3n) is 3.86. The summed E-state index contributed by atoms with van der Waals surface area (Å²) in [6.07, 6.45) is -1.78. The fourth-order valence-corrected chi connectivity index (χ4v) is 2.79. The maximum Gasteiger partial charge on any atom is 0.417 e. The van der Waals surface area contributed by atoms with Crippen molar-refractivity contribution in [3.8, 4) is 5.75 Å². The highest BCUT2D eigenvalue weighted by Crippen LogP contribution is 2.38. The van der Waals surface area contributed by atoms with E-state index in [0.29, 0.717) is 5.82 Å². The predicted molar refractivity (Wildman–Crippen MR) is 76.9 cm³/mol. The molecule has 3 nitrogen and oxygen atoms in total. The molecule has 0 saturated carbocycles. The summed E-state index contributed by atoms with van der Waals surface area (Å²) in [6, 6.07) is 8.27. The van der Waals surface area contributed by atoms with Gasteiger partial charge in [-0.25, -0.2) is 4.98 Å². The molecule has 1 aromatic heterocycles. The lowest BCUT2D eigenvalue weighted by Crippen LogP contribution is -2.10. The van der Waals surface area contributed by atoms with E-state index in [1.54, 1.807) is 7.11 Å². The lowest BCUT2D eigenvalue weighted by molar-refractivity contribution is -0.137. The molecule has 116 valence electrons. The van der Waals surface area contributed by atoms with Crippen molar-refractivity contribution < 1.29 is 17.9 Å². The number of nitrogens with zero attached hydrogens (tertiary/aromatic N) is 1. The summed E-state index contributed by atoms with van der Waals surface area (Å²) >= 11 is 0. The van der Waals surface area contributed by atoms with Crippen molar-refractivity contribution in [3.05, 3.63) is 53.2 Å². The number of benzene rings is 1. The number of pyridine rings is 1. The predicted octanol–water partition coefficient (Wildman–Crippen LogP) is 4.21. The van der Waals surface area contributed by atoms with Gasteiger partial charge in [0.2, 0.25) is 0 Å². The molecule has 3 rings (SSSR count). The molecular weight excluding hydrogens is 293 g/mol. The molecule has 1 heterocycles. The molecule has 0 fully saturated rings. The van der Waals surface area contributed by atoms with Gasteiger partial charge in [-0.15, -0.1) is 0 Å². The summed E-state index contributed by atoms with van der Waals surface area (Å²) < 4.78 is 42.9. The van der Waals surface area contributed by atoms with E-state index in [-0.39, 0.29) is 6.04 Å². The molecule has 1 atom stereocenters. The van der Waals surface area contributed by atoms with Gasteiger partial charge in [0.1, 0.15) is 11.6 Å². The summed E-state index contributed by atoms with van der Waals surface area (Å²) in [5, 5.41) is 3.19. The number of hydrogen-bond acceptors (Lipinski definition) is 3. The lowest BCUT2D eigenvalue weighted by Gasteiger charge is -2.16. The van der Waals surface area contributed by atoms with Crippen LogP contribution in [0.5, 0.6) is 5.75 Å². The van der Waals surface area contributed by atoms with Crippen LogP contribution in [-0.4, -0.2) is 12.1 Å². The zero-order chi connectivity index (χ0) is 15.7. The van der Waals surface area contributed by atoms with Gasteiger partial charge in [0.15, 0.2) is 0 Å². The minimum Gasteiger partial charge on any atom is -0.496 e. The highest BCUT2D eigenvalue weighted by atomic mass is 19.4. The Morgan fingerprint density at radius 3 is 2.68 bits per heavy atom. The highest BCUT2D eigenvalue weighted by Gasteiger charge is 2.31. The topological polar surface area (TPSA) is 34.1 Å². The molecule has 1 unspecified atom stereocenters. The average Bonchev–Trinajstić information content (AvgIpc) is 2.90. The summed E-state index contributed by atoms with van der Waals surface area (Å²) in [5.74, 6) is 1.29. The number of alkyl halides is 3. The van der Waals surface area contributed by atoms with Gasteiger partial charge in [-0.1, -0.05) is 12.1 Å². The first-order valence-electron chi connectivity index (χ1n) is 6.94. The van der Waals surface area contributed by atoms with Crippen LogP contribution in [0.4, 0.5) is 19.0 Å². The molecule has 1 aliphatic rings. The fourth-order valence-electron chi connectivity index (χ4n) is 2.79. The number of rotatable bonds is 3. The van der Waals surface area contributed by atoms with E-state index < -0.39 is 11.7 Å². The van der Waals surface area contributed by atoms with E-state index in [1.807, 2.05) is 18.2 Å². The molecule has 0 radical (unpaired) electrons. The van der Waals surface area contributed by atoms with Crippen molar-refractivity contribution in [2.75, 3.05) is 12.4 Å². The van der Waals surface area contributed by atoms with Crippen LogP contribution < -0.4 is 10.1 Å². The third-order valence-corrected chi connectivity index (χ3v) is 3.86. The van der Waals surface area contributed by atoms with Crippen LogP contribution in [0.15, 0.2) is 36.5 Å². The van der Waals surface area contributed by atoms with Crippen LogP contribution in [-0.2, 0) is 12.6 Å². The number of halogens is 3. The molecular formula is C16H15F3N2O. The zero-order valence-corrected chi connectivity index (χ0v) is 11.9. The first kappa shape index (κ1) is 14.7. The van der Waals surface area contributed by atoms with Crippen molar-refractivity contribution in [1.29, 1.82) is 0 Å². The van der Waals surface area contributed by atoms with E-state index >= 15 is 0 Å². The fraction of sp³-hybridized carbons (Fsp3) is 0.312. The van der Waals surface area contributed by atoms with Crippen molar-refractivity contribution in [3.63, 3.8) is 0 Å². The number of aromatic nitrogens is 1. The summed E-state index contributed by atoms with van der Waals surface area (Å²) in [4.78, 5) is 3.86. The Morgan fingerprint density at radius 2 is 2.05 bits per heavy atom. The number of hydrogen-bond donors (Lipinski definition) is 1. The van der Waals surface area contributed by atoms with Gasteiger partial charge in [-0.05, 0) is 42.2 Å². The van der Waals surface area contributed by atoms with E-state index in [0.717, 1.165) is 42.0 Å². The molecule has 1 aliphatic carbocycles. The Labute approximate surface area is 126 Å². The van der Waals surface area contributed by atoms with Crippen molar-refractivity contribution in [1.82, 2.24) is 4.98 Å². The van der Waals surface area contributed by atoms with E-state index in [4.69, 9.17) is 4.74 Å². The van der Waals surface area contributed by atoms with Crippen LogP contribution >= 0.6 is 0 Å². The SMILES string of the molecule is COc1cccc2c1CCC2Nc1ccc(C(F)(F)F)cn1. The van der Waals surface area contributed by atoms with Gasteiger partial charge in [0.05, 0.1) is 18.7 Å². The van der Waals surface area contributed by atoms with Crippen LogP contribution in [0.2, 0.25) is 0 Å². The first-order valence-corrected chi connectivity index (χ1v) is 6.94. The molecule has 0 spiro atoms. The quantitative estimate of drug-likeness (QED) is 0.922. The number of fused-ring (bicyclic) bond motifs is 1. The van der Waals surface area contributed by atoms with Gasteiger partial charge in [-0.3, -0.25) is 0 Å². The summed E-state index contributed by atoms with van der Waals surface area (Å²) in [5.41, 5.74) is 1.52. The molecule has 2 aromatic rings. The normalized spacial score (nSPS) is 17.2. The second-order valence-electron chi connectivity index (χ2n) is 5.19. The van der Waals surface area contributed by atoms with Crippen LogP contribution in [0.25, 0.3) is 0 Å². The summed E-state index contributed by atoms with van der Waals surface area (Å²) in [7, 11) is 1.63. The first-order chi connectivity index (χ1) is 10.5. The average molecular weight is 308 g/mol. The van der Waals surface area contributed by atoms with Gasteiger partial charge in [0, 0.05) is 6.20 Å². The van der Waals surface area contributed by atoms with Gasteiger partial charge in [-0.2, -0.15) is 13.2 Å². The van der Waals surface area contributed by atoms with Crippen LogP contribution in [0.1, 0.15) is 29.2 Å². The Morgan fingerprint density at radius 1 is 1.23 bits per heavy atom. The molecule has 0 aliphatic heterocycles. The number of nitrogens with one attached hydrogen (secondary N) is 1. The standard InChI is InChI=1S/C16H15F3N2O/c1-22-14-4-2-3-11-12(14)6-7-13(11)21-15-8-5-10(9-20-15)16(17,18)19/h2-5,8-9,13H,6-7H2,1H3,(H,20,21). The minimum atomic E-state index is -4.36. The molecule has 6 heteroatoms. The smallest absolute Gasteiger partial charge is 0.417 e. The van der Waals surface area contributed by atoms with Crippen LogP contribution in [0, 0.1) is 0 Å². The van der Waals surface area contributed by atoms with E-state index in [1.165, 1.54) is 6.07 Å². The molecule has 1 aromatic carbocycles. The summed E-state index contributed by atoms with van der Waals surface area (Å²) in [6.45, 7) is 0. The largest absolute Gasteiger partial charge is 0.496 e. The molecule has 0 bridgehead atoms. The Bertz CT molecular complexity index is 668. The number of methoxy groups -OCH3 is 1. The molecule has 1 N–H and O–H groups in total. The number of anilines is 1. The third kappa shape index (κ3) is 2.73. The van der Waals surface area contributed by atoms with E-state index in [2.05, 4.69) is 10.3 Å². The van der Waals surface area contributed by atoms with Crippen molar-refractivity contribution in [2.24, 2.45) is 0 Å².